The lowest BCUT2D eigenvalue weighted by Crippen LogP contribution is -2.46. The summed E-state index contributed by atoms with van der Waals surface area (Å²) in [6, 6.07) is 11.7. The molecule has 0 saturated heterocycles. The molecule has 22 heavy (non-hydrogen) atoms. The third-order valence-corrected chi connectivity index (χ3v) is 3.88. The number of carbonyl (C=O) groups is 1. The molecule has 118 valence electrons. The standard InChI is InChI=1S/C17H23N3O2/c1-11(17(21)20-15(9-18)10-19)12-3-4-14-8-16(22-2)6-5-13(14)7-12/h3-8,11,15H,9-10,18-19H2,1-2H3,(H,20,21)/t11-/m0/s1. The fourth-order valence-electron chi connectivity index (χ4n) is 2.33. The van der Waals surface area contributed by atoms with Gasteiger partial charge in [-0.15, -0.1) is 0 Å². The summed E-state index contributed by atoms with van der Waals surface area (Å²) in [5.41, 5.74) is 12.1. The maximum absolute atomic E-state index is 12.3. The van der Waals surface area contributed by atoms with Gasteiger partial charge in [0.15, 0.2) is 0 Å². The third kappa shape index (κ3) is 3.55. The molecule has 0 saturated carbocycles. The van der Waals surface area contributed by atoms with Gasteiger partial charge in [0.25, 0.3) is 0 Å². The van der Waals surface area contributed by atoms with Crippen molar-refractivity contribution in [3.05, 3.63) is 42.0 Å². The Morgan fingerprint density at radius 1 is 1.14 bits per heavy atom. The van der Waals surface area contributed by atoms with E-state index in [1.165, 1.54) is 0 Å². The molecule has 0 bridgehead atoms. The van der Waals surface area contributed by atoms with Crippen molar-refractivity contribution < 1.29 is 9.53 Å². The van der Waals surface area contributed by atoms with Gasteiger partial charge in [0.2, 0.25) is 5.91 Å². The zero-order chi connectivity index (χ0) is 16.1. The first-order chi connectivity index (χ1) is 10.6. The Hall–Kier alpha value is -2.11. The van der Waals surface area contributed by atoms with E-state index in [-0.39, 0.29) is 17.9 Å². The molecule has 0 radical (unpaired) electrons. The summed E-state index contributed by atoms with van der Waals surface area (Å²) in [5, 5.41) is 5.03. The molecule has 5 N–H and O–H groups in total. The number of ether oxygens (including phenoxy) is 1. The average molecular weight is 301 g/mol. The van der Waals surface area contributed by atoms with Crippen molar-refractivity contribution in [1.29, 1.82) is 0 Å². The van der Waals surface area contributed by atoms with E-state index in [1.807, 2.05) is 43.3 Å². The Bertz CT molecular complexity index is 653. The van der Waals surface area contributed by atoms with Gasteiger partial charge in [-0.05, 0) is 35.4 Å². The second-order valence-corrected chi connectivity index (χ2v) is 5.37. The molecule has 5 nitrogen and oxygen atoms in total. The van der Waals surface area contributed by atoms with E-state index in [0.29, 0.717) is 13.1 Å². The van der Waals surface area contributed by atoms with Gasteiger partial charge in [-0.25, -0.2) is 0 Å². The van der Waals surface area contributed by atoms with E-state index < -0.39 is 0 Å². The Kier molecular flexibility index (Phi) is 5.35. The SMILES string of the molecule is COc1ccc2cc([C@H](C)C(=O)NC(CN)CN)ccc2c1. The molecule has 1 atom stereocenters. The number of methoxy groups -OCH3 is 1. The number of nitrogens with one attached hydrogen (secondary N) is 1. The van der Waals surface area contributed by atoms with Crippen LogP contribution in [0.5, 0.6) is 5.75 Å². The van der Waals surface area contributed by atoms with Gasteiger partial charge >= 0.3 is 0 Å². The highest BCUT2D eigenvalue weighted by Crippen LogP contribution is 2.25. The number of nitrogens with two attached hydrogens (primary N) is 2. The van der Waals surface area contributed by atoms with Gasteiger partial charge in [0.1, 0.15) is 5.75 Å². The van der Waals surface area contributed by atoms with E-state index in [9.17, 15) is 4.79 Å². The lowest BCUT2D eigenvalue weighted by atomic mass is 9.96. The molecule has 0 spiro atoms. The Morgan fingerprint density at radius 2 is 1.77 bits per heavy atom. The van der Waals surface area contributed by atoms with Crippen molar-refractivity contribution in [2.45, 2.75) is 18.9 Å². The molecule has 0 aliphatic heterocycles. The Balaban J connectivity index is 2.21. The second-order valence-electron chi connectivity index (χ2n) is 5.37. The minimum absolute atomic E-state index is 0.0613. The first-order valence-corrected chi connectivity index (χ1v) is 7.37. The van der Waals surface area contributed by atoms with Crippen LogP contribution in [0.2, 0.25) is 0 Å². The lowest BCUT2D eigenvalue weighted by molar-refractivity contribution is -0.122. The van der Waals surface area contributed by atoms with Crippen molar-refractivity contribution in [2.24, 2.45) is 11.5 Å². The summed E-state index contributed by atoms with van der Waals surface area (Å²) in [5.74, 6) is 0.501. The van der Waals surface area contributed by atoms with Crippen molar-refractivity contribution in [1.82, 2.24) is 5.32 Å². The summed E-state index contributed by atoms with van der Waals surface area (Å²) in [4.78, 5) is 12.3. The third-order valence-electron chi connectivity index (χ3n) is 3.88. The van der Waals surface area contributed by atoms with Crippen LogP contribution >= 0.6 is 0 Å². The minimum atomic E-state index is -0.257. The number of hydrogen-bond acceptors (Lipinski definition) is 4. The molecular weight excluding hydrogens is 278 g/mol. The van der Waals surface area contributed by atoms with Crippen LogP contribution in [-0.4, -0.2) is 32.1 Å². The van der Waals surface area contributed by atoms with Crippen molar-refractivity contribution in [3.63, 3.8) is 0 Å². The maximum atomic E-state index is 12.3. The summed E-state index contributed by atoms with van der Waals surface area (Å²) in [6.07, 6.45) is 0. The van der Waals surface area contributed by atoms with Crippen molar-refractivity contribution in [2.75, 3.05) is 20.2 Å². The minimum Gasteiger partial charge on any atom is -0.497 e. The van der Waals surface area contributed by atoms with Crippen molar-refractivity contribution in [3.8, 4) is 5.75 Å². The van der Waals surface area contributed by atoms with Gasteiger partial charge in [0, 0.05) is 13.1 Å². The van der Waals surface area contributed by atoms with Gasteiger partial charge in [-0.3, -0.25) is 4.79 Å². The monoisotopic (exact) mass is 301 g/mol. The van der Waals surface area contributed by atoms with E-state index >= 15 is 0 Å². The van der Waals surface area contributed by atoms with Crippen LogP contribution in [0.15, 0.2) is 36.4 Å². The quantitative estimate of drug-likeness (QED) is 0.751. The highest BCUT2D eigenvalue weighted by molar-refractivity contribution is 5.88. The van der Waals surface area contributed by atoms with Crippen LogP contribution in [0.25, 0.3) is 10.8 Å². The smallest absolute Gasteiger partial charge is 0.227 e. The predicted molar refractivity (Wildman–Crippen MR) is 89.0 cm³/mol. The fraction of sp³-hybridized carbons (Fsp3) is 0.353. The molecule has 0 unspecified atom stereocenters. The predicted octanol–water partition coefficient (Wildman–Crippen LogP) is 1.35. The molecular formula is C17H23N3O2. The molecule has 0 heterocycles. The van der Waals surface area contributed by atoms with Gasteiger partial charge in [0.05, 0.1) is 19.1 Å². The molecule has 5 heteroatoms. The number of amides is 1. The number of benzene rings is 2. The van der Waals surface area contributed by atoms with Crippen LogP contribution in [0.3, 0.4) is 0 Å². The van der Waals surface area contributed by atoms with E-state index in [1.54, 1.807) is 7.11 Å². The summed E-state index contributed by atoms with van der Waals surface area (Å²) in [6.45, 7) is 2.56. The van der Waals surface area contributed by atoms with Crippen LogP contribution in [0, 0.1) is 0 Å². The first kappa shape index (κ1) is 16.3. The largest absolute Gasteiger partial charge is 0.497 e. The number of fused-ring (bicyclic) bond motifs is 1. The fourth-order valence-corrected chi connectivity index (χ4v) is 2.33. The Morgan fingerprint density at radius 3 is 2.41 bits per heavy atom. The highest BCUT2D eigenvalue weighted by Gasteiger charge is 2.18. The molecule has 1 amide bonds. The first-order valence-electron chi connectivity index (χ1n) is 7.37. The number of hydrogen-bond donors (Lipinski definition) is 3. The molecule has 2 aromatic rings. The highest BCUT2D eigenvalue weighted by atomic mass is 16.5. The van der Waals surface area contributed by atoms with Crippen LogP contribution < -0.4 is 21.5 Å². The van der Waals surface area contributed by atoms with E-state index in [0.717, 1.165) is 22.1 Å². The zero-order valence-electron chi connectivity index (χ0n) is 13.0. The summed E-state index contributed by atoms with van der Waals surface area (Å²) >= 11 is 0. The Labute approximate surface area is 130 Å². The number of rotatable bonds is 6. The maximum Gasteiger partial charge on any atom is 0.227 e. The molecule has 2 rings (SSSR count). The molecule has 0 aliphatic rings. The number of carbonyl (C=O) groups excluding carboxylic acids is 1. The van der Waals surface area contributed by atoms with Gasteiger partial charge in [-0.1, -0.05) is 24.3 Å². The lowest BCUT2D eigenvalue weighted by Gasteiger charge is -2.18. The second kappa shape index (κ2) is 7.24. The topological polar surface area (TPSA) is 90.4 Å². The van der Waals surface area contributed by atoms with Crippen LogP contribution in [0.1, 0.15) is 18.4 Å². The van der Waals surface area contributed by atoms with E-state index in [4.69, 9.17) is 16.2 Å². The van der Waals surface area contributed by atoms with Crippen molar-refractivity contribution >= 4 is 16.7 Å². The molecule has 0 fully saturated rings. The molecule has 0 aliphatic carbocycles. The molecule has 0 aromatic heterocycles. The summed E-state index contributed by atoms with van der Waals surface area (Å²) < 4.78 is 5.22. The summed E-state index contributed by atoms with van der Waals surface area (Å²) in [7, 11) is 1.65. The van der Waals surface area contributed by atoms with E-state index in [2.05, 4.69) is 5.32 Å². The van der Waals surface area contributed by atoms with Gasteiger partial charge in [-0.2, -0.15) is 0 Å². The zero-order valence-corrected chi connectivity index (χ0v) is 13.0. The molecule has 2 aromatic carbocycles. The van der Waals surface area contributed by atoms with Gasteiger partial charge < -0.3 is 21.5 Å². The average Bonchev–Trinajstić information content (AvgIpc) is 2.57. The normalized spacial score (nSPS) is 12.4. The van der Waals surface area contributed by atoms with Crippen LogP contribution in [-0.2, 0) is 4.79 Å². The van der Waals surface area contributed by atoms with Crippen LogP contribution in [0.4, 0.5) is 0 Å².